The number of aliphatic hydroxyl groups excluding tert-OH is 1. The highest BCUT2D eigenvalue weighted by Gasteiger charge is 2.04. The first-order chi connectivity index (χ1) is 7.16. The quantitative estimate of drug-likeness (QED) is 0.849. The molecular weight excluding hydrogens is 212 g/mol. The fourth-order valence-electron chi connectivity index (χ4n) is 1.34. The Morgan fingerprint density at radius 1 is 1.47 bits per heavy atom. The highest BCUT2D eigenvalue weighted by molar-refractivity contribution is 6.30. The standard InChI is InChI=1S/C11H11ClN2O/c1-8(15)14-6-11(13-7-14)9-3-2-4-10(12)5-9/h2-8,15H,1H3/t8-/m0/s1. The molecule has 1 aromatic heterocycles. The van der Waals surface area contributed by atoms with Crippen LogP contribution in [0.4, 0.5) is 0 Å². The molecule has 0 aliphatic carbocycles. The number of aliphatic hydroxyl groups is 1. The summed E-state index contributed by atoms with van der Waals surface area (Å²) in [5.41, 5.74) is 1.75. The van der Waals surface area contributed by atoms with Crippen molar-refractivity contribution in [3.8, 4) is 11.3 Å². The molecule has 0 spiro atoms. The summed E-state index contributed by atoms with van der Waals surface area (Å²) in [6.45, 7) is 1.68. The molecule has 2 aromatic rings. The largest absolute Gasteiger partial charge is 0.374 e. The van der Waals surface area contributed by atoms with E-state index in [0.29, 0.717) is 5.02 Å². The molecule has 0 aliphatic heterocycles. The molecule has 1 N–H and O–H groups in total. The van der Waals surface area contributed by atoms with E-state index in [1.54, 1.807) is 24.0 Å². The lowest BCUT2D eigenvalue weighted by Crippen LogP contribution is -1.99. The fraction of sp³-hybridized carbons (Fsp3) is 0.182. The molecule has 0 fully saturated rings. The summed E-state index contributed by atoms with van der Waals surface area (Å²) in [7, 11) is 0. The second-order valence-corrected chi connectivity index (χ2v) is 3.78. The van der Waals surface area contributed by atoms with Crippen LogP contribution < -0.4 is 0 Å². The first kappa shape index (κ1) is 10.2. The molecule has 0 saturated carbocycles. The number of nitrogens with zero attached hydrogens (tertiary/aromatic N) is 2. The second-order valence-electron chi connectivity index (χ2n) is 3.35. The van der Waals surface area contributed by atoms with Gasteiger partial charge in [0.1, 0.15) is 6.23 Å². The molecule has 0 amide bonds. The van der Waals surface area contributed by atoms with Crippen molar-refractivity contribution in [1.29, 1.82) is 0 Å². The van der Waals surface area contributed by atoms with Crippen molar-refractivity contribution >= 4 is 11.6 Å². The minimum absolute atomic E-state index is 0.564. The summed E-state index contributed by atoms with van der Waals surface area (Å²) in [5, 5.41) is 10.0. The van der Waals surface area contributed by atoms with E-state index in [4.69, 9.17) is 11.6 Å². The van der Waals surface area contributed by atoms with E-state index in [1.807, 2.05) is 24.3 Å². The zero-order valence-electron chi connectivity index (χ0n) is 8.26. The Hall–Kier alpha value is -1.32. The fourth-order valence-corrected chi connectivity index (χ4v) is 1.53. The Morgan fingerprint density at radius 3 is 2.87 bits per heavy atom. The van der Waals surface area contributed by atoms with Gasteiger partial charge in [-0.15, -0.1) is 0 Å². The number of benzene rings is 1. The Bertz CT molecular complexity index is 465. The molecule has 4 heteroatoms. The molecule has 0 radical (unpaired) electrons. The number of aromatic nitrogens is 2. The number of rotatable bonds is 2. The van der Waals surface area contributed by atoms with Gasteiger partial charge in [0, 0.05) is 16.8 Å². The van der Waals surface area contributed by atoms with Gasteiger partial charge in [0.25, 0.3) is 0 Å². The summed E-state index contributed by atoms with van der Waals surface area (Å²) in [6.07, 6.45) is 2.82. The van der Waals surface area contributed by atoms with Gasteiger partial charge in [-0.1, -0.05) is 23.7 Å². The average molecular weight is 223 g/mol. The first-order valence-electron chi connectivity index (χ1n) is 4.64. The highest BCUT2D eigenvalue weighted by atomic mass is 35.5. The Kier molecular flexibility index (Phi) is 2.75. The van der Waals surface area contributed by atoms with Gasteiger partial charge in [-0.2, -0.15) is 0 Å². The van der Waals surface area contributed by atoms with Crippen LogP contribution in [0.15, 0.2) is 36.8 Å². The molecule has 2 rings (SSSR count). The molecule has 0 unspecified atom stereocenters. The topological polar surface area (TPSA) is 38.0 Å². The van der Waals surface area contributed by atoms with Crippen LogP contribution in [0.1, 0.15) is 13.2 Å². The van der Waals surface area contributed by atoms with Gasteiger partial charge in [-0.25, -0.2) is 4.98 Å². The van der Waals surface area contributed by atoms with Crippen LogP contribution in [-0.4, -0.2) is 14.7 Å². The van der Waals surface area contributed by atoms with Crippen LogP contribution in [0.5, 0.6) is 0 Å². The zero-order chi connectivity index (χ0) is 10.8. The van der Waals surface area contributed by atoms with Crippen LogP contribution in [-0.2, 0) is 0 Å². The van der Waals surface area contributed by atoms with E-state index in [1.165, 1.54) is 0 Å². The Morgan fingerprint density at radius 2 is 2.27 bits per heavy atom. The number of imidazole rings is 1. The molecule has 1 aromatic carbocycles. The van der Waals surface area contributed by atoms with Gasteiger partial charge >= 0.3 is 0 Å². The maximum absolute atomic E-state index is 9.34. The van der Waals surface area contributed by atoms with Crippen molar-refractivity contribution in [3.63, 3.8) is 0 Å². The number of halogens is 1. The molecule has 15 heavy (non-hydrogen) atoms. The number of hydrogen-bond acceptors (Lipinski definition) is 2. The monoisotopic (exact) mass is 222 g/mol. The van der Waals surface area contributed by atoms with Crippen LogP contribution in [0.3, 0.4) is 0 Å². The van der Waals surface area contributed by atoms with Crippen LogP contribution in [0.25, 0.3) is 11.3 Å². The minimum Gasteiger partial charge on any atom is -0.374 e. The predicted octanol–water partition coefficient (Wildman–Crippen LogP) is 2.71. The molecule has 78 valence electrons. The van der Waals surface area contributed by atoms with Gasteiger partial charge in [0.15, 0.2) is 0 Å². The molecule has 0 saturated heterocycles. The minimum atomic E-state index is -0.564. The molecular formula is C11H11ClN2O. The van der Waals surface area contributed by atoms with Crippen LogP contribution in [0.2, 0.25) is 5.02 Å². The van der Waals surface area contributed by atoms with Gasteiger partial charge < -0.3 is 9.67 Å². The van der Waals surface area contributed by atoms with Gasteiger partial charge in [-0.3, -0.25) is 0 Å². The second kappa shape index (κ2) is 4.04. The third-order valence-corrected chi connectivity index (χ3v) is 2.39. The first-order valence-corrected chi connectivity index (χ1v) is 5.02. The molecule has 1 atom stereocenters. The third-order valence-electron chi connectivity index (χ3n) is 2.15. The summed E-state index contributed by atoms with van der Waals surface area (Å²) in [6, 6.07) is 7.46. The summed E-state index contributed by atoms with van der Waals surface area (Å²) >= 11 is 5.88. The highest BCUT2D eigenvalue weighted by Crippen LogP contribution is 2.21. The average Bonchev–Trinajstić information content (AvgIpc) is 2.66. The maximum atomic E-state index is 9.34. The lowest BCUT2D eigenvalue weighted by Gasteiger charge is -2.02. The van der Waals surface area contributed by atoms with Crippen molar-refractivity contribution < 1.29 is 5.11 Å². The van der Waals surface area contributed by atoms with E-state index >= 15 is 0 Å². The van der Waals surface area contributed by atoms with Crippen molar-refractivity contribution in [3.05, 3.63) is 41.8 Å². The summed E-state index contributed by atoms with van der Waals surface area (Å²) < 4.78 is 1.64. The van der Waals surface area contributed by atoms with E-state index in [2.05, 4.69) is 4.98 Å². The van der Waals surface area contributed by atoms with E-state index in [0.717, 1.165) is 11.3 Å². The smallest absolute Gasteiger partial charge is 0.128 e. The van der Waals surface area contributed by atoms with E-state index < -0.39 is 6.23 Å². The summed E-state index contributed by atoms with van der Waals surface area (Å²) in [4.78, 5) is 4.19. The van der Waals surface area contributed by atoms with Gasteiger partial charge in [0.2, 0.25) is 0 Å². The van der Waals surface area contributed by atoms with Crippen molar-refractivity contribution in [2.45, 2.75) is 13.2 Å². The Balaban J connectivity index is 2.37. The summed E-state index contributed by atoms with van der Waals surface area (Å²) in [5.74, 6) is 0. The lowest BCUT2D eigenvalue weighted by atomic mass is 10.2. The molecule has 3 nitrogen and oxygen atoms in total. The van der Waals surface area contributed by atoms with Gasteiger partial charge in [-0.05, 0) is 19.1 Å². The lowest BCUT2D eigenvalue weighted by molar-refractivity contribution is 0.124. The van der Waals surface area contributed by atoms with Crippen molar-refractivity contribution in [2.24, 2.45) is 0 Å². The SMILES string of the molecule is C[C@H](O)n1cnc(-c2cccc(Cl)c2)c1. The molecule has 0 bridgehead atoms. The third kappa shape index (κ3) is 2.19. The van der Waals surface area contributed by atoms with E-state index in [-0.39, 0.29) is 0 Å². The van der Waals surface area contributed by atoms with Crippen LogP contribution >= 0.6 is 11.6 Å². The van der Waals surface area contributed by atoms with E-state index in [9.17, 15) is 5.11 Å². The zero-order valence-corrected chi connectivity index (χ0v) is 9.02. The number of hydrogen-bond donors (Lipinski definition) is 1. The maximum Gasteiger partial charge on any atom is 0.128 e. The van der Waals surface area contributed by atoms with Crippen molar-refractivity contribution in [2.75, 3.05) is 0 Å². The Labute approximate surface area is 93.0 Å². The van der Waals surface area contributed by atoms with Crippen LogP contribution in [0, 0.1) is 0 Å². The van der Waals surface area contributed by atoms with Crippen molar-refractivity contribution in [1.82, 2.24) is 9.55 Å². The molecule has 1 heterocycles. The normalized spacial score (nSPS) is 12.7. The predicted molar refractivity (Wildman–Crippen MR) is 59.6 cm³/mol. The molecule has 0 aliphatic rings. The van der Waals surface area contributed by atoms with Gasteiger partial charge in [0.05, 0.1) is 12.0 Å².